The molecule has 1 aromatic carbocycles. The van der Waals surface area contributed by atoms with Crippen LogP contribution >= 0.6 is 0 Å². The van der Waals surface area contributed by atoms with Crippen molar-refractivity contribution in [2.24, 2.45) is 0 Å². The first kappa shape index (κ1) is 17.4. The van der Waals surface area contributed by atoms with Gasteiger partial charge in [-0.3, -0.25) is 4.79 Å². The zero-order valence-electron chi connectivity index (χ0n) is 15.6. The monoisotopic (exact) mass is 389 g/mol. The number of aromatic nitrogens is 4. The summed E-state index contributed by atoms with van der Waals surface area (Å²) in [4.78, 5) is 32.5. The number of likely N-dealkylation sites (tertiary alicyclic amines) is 1. The van der Waals surface area contributed by atoms with Crippen molar-refractivity contribution in [1.82, 2.24) is 24.5 Å². The summed E-state index contributed by atoms with van der Waals surface area (Å²) in [5.74, 6) is 0.0679. The predicted molar refractivity (Wildman–Crippen MR) is 108 cm³/mol. The molecule has 1 fully saturated rings. The third kappa shape index (κ3) is 3.02. The Hall–Kier alpha value is -3.68. The van der Waals surface area contributed by atoms with Crippen LogP contribution in [0.4, 0.5) is 4.79 Å². The lowest BCUT2D eigenvalue weighted by atomic mass is 9.93. The van der Waals surface area contributed by atoms with Crippen molar-refractivity contribution in [3.05, 3.63) is 64.6 Å². The van der Waals surface area contributed by atoms with Crippen molar-refractivity contribution in [2.45, 2.75) is 18.8 Å². The average molecular weight is 389 g/mol. The second kappa shape index (κ2) is 6.73. The van der Waals surface area contributed by atoms with Gasteiger partial charge in [0.15, 0.2) is 5.65 Å². The Morgan fingerprint density at radius 3 is 2.59 bits per heavy atom. The first-order valence-corrected chi connectivity index (χ1v) is 9.56. The molecule has 0 saturated carbocycles. The van der Waals surface area contributed by atoms with Crippen LogP contribution in [-0.4, -0.2) is 48.8 Å². The molecule has 0 atom stereocenters. The zero-order chi connectivity index (χ0) is 20.0. The maximum absolute atomic E-state index is 12.3. The minimum atomic E-state index is -0.901. The molecular weight excluding hydrogens is 370 g/mol. The van der Waals surface area contributed by atoms with Crippen LogP contribution in [0.25, 0.3) is 27.9 Å². The quantitative estimate of drug-likeness (QED) is 0.548. The first-order valence-electron chi connectivity index (χ1n) is 9.56. The van der Waals surface area contributed by atoms with Gasteiger partial charge in [-0.15, -0.1) is 5.10 Å². The van der Waals surface area contributed by atoms with Crippen molar-refractivity contribution >= 4 is 22.8 Å². The molecule has 0 radical (unpaired) electrons. The molecule has 3 aromatic heterocycles. The average Bonchev–Trinajstić information content (AvgIpc) is 3.11. The van der Waals surface area contributed by atoms with Crippen LogP contribution in [0, 0.1) is 0 Å². The van der Waals surface area contributed by atoms with Crippen molar-refractivity contribution < 1.29 is 9.90 Å². The number of hydrogen-bond donors (Lipinski definition) is 2. The molecule has 4 heterocycles. The Morgan fingerprint density at radius 1 is 1.10 bits per heavy atom. The smallest absolute Gasteiger partial charge is 0.407 e. The van der Waals surface area contributed by atoms with E-state index in [0.29, 0.717) is 37.2 Å². The minimum Gasteiger partial charge on any atom is -0.465 e. The second-order valence-electron chi connectivity index (χ2n) is 7.30. The molecule has 0 aliphatic carbocycles. The highest BCUT2D eigenvalue weighted by Gasteiger charge is 2.26. The van der Waals surface area contributed by atoms with E-state index in [-0.39, 0.29) is 11.5 Å². The maximum atomic E-state index is 12.3. The van der Waals surface area contributed by atoms with E-state index >= 15 is 0 Å². The number of amides is 1. The number of piperidine rings is 1. The van der Waals surface area contributed by atoms with E-state index in [0.717, 1.165) is 22.3 Å². The number of fused-ring (bicyclic) bond motifs is 3. The number of H-pyrrole nitrogens is 1. The van der Waals surface area contributed by atoms with Crippen molar-refractivity contribution in [3.63, 3.8) is 0 Å². The molecular formula is C21H19N5O3. The molecule has 4 aromatic rings. The molecule has 0 bridgehead atoms. The van der Waals surface area contributed by atoms with Gasteiger partial charge in [0, 0.05) is 30.6 Å². The van der Waals surface area contributed by atoms with Gasteiger partial charge in [-0.05, 0) is 25.0 Å². The molecule has 29 heavy (non-hydrogen) atoms. The fraction of sp³-hybridized carbons (Fsp3) is 0.238. The van der Waals surface area contributed by atoms with Crippen molar-refractivity contribution in [3.8, 4) is 11.3 Å². The van der Waals surface area contributed by atoms with E-state index in [9.17, 15) is 14.7 Å². The van der Waals surface area contributed by atoms with E-state index in [1.165, 1.54) is 4.90 Å². The van der Waals surface area contributed by atoms with E-state index < -0.39 is 6.09 Å². The standard InChI is InChI=1S/C21H19N5O3/c27-18-12-17(14-8-10-25(11-9-14)21(28)29)26-20(23-18)15-6-7-16(22-19(15)24-26)13-4-2-1-3-5-13/h1-7,12,14H,8-11H2,(H,23,27)(H,28,29). The number of carboxylic acid groups (broad SMARTS) is 1. The molecule has 0 unspecified atom stereocenters. The molecule has 8 heteroatoms. The molecule has 0 spiro atoms. The van der Waals surface area contributed by atoms with Gasteiger partial charge in [0.25, 0.3) is 5.56 Å². The van der Waals surface area contributed by atoms with Gasteiger partial charge in [-0.2, -0.15) is 0 Å². The summed E-state index contributed by atoms with van der Waals surface area (Å²) in [5, 5.41) is 14.6. The van der Waals surface area contributed by atoms with Gasteiger partial charge in [-0.1, -0.05) is 30.3 Å². The minimum absolute atomic E-state index is 0.0679. The number of rotatable bonds is 2. The van der Waals surface area contributed by atoms with E-state index in [4.69, 9.17) is 4.98 Å². The highest BCUT2D eigenvalue weighted by Crippen LogP contribution is 2.29. The summed E-state index contributed by atoms with van der Waals surface area (Å²) in [6.45, 7) is 0.900. The molecule has 1 aliphatic rings. The molecule has 2 N–H and O–H groups in total. The lowest BCUT2D eigenvalue weighted by Crippen LogP contribution is -2.37. The second-order valence-corrected chi connectivity index (χ2v) is 7.30. The van der Waals surface area contributed by atoms with Gasteiger partial charge in [0.2, 0.25) is 0 Å². The van der Waals surface area contributed by atoms with E-state index in [1.54, 1.807) is 10.6 Å². The number of nitrogens with one attached hydrogen (secondary N) is 1. The Morgan fingerprint density at radius 2 is 1.86 bits per heavy atom. The Bertz CT molecular complexity index is 1270. The lowest BCUT2D eigenvalue weighted by molar-refractivity contribution is 0.131. The van der Waals surface area contributed by atoms with Gasteiger partial charge < -0.3 is 15.0 Å². The highest BCUT2D eigenvalue weighted by atomic mass is 16.4. The molecule has 8 nitrogen and oxygen atoms in total. The molecule has 1 aliphatic heterocycles. The number of benzene rings is 1. The van der Waals surface area contributed by atoms with Gasteiger partial charge in [0.1, 0.15) is 5.65 Å². The number of nitrogens with zero attached hydrogens (tertiary/aromatic N) is 4. The zero-order valence-corrected chi connectivity index (χ0v) is 15.6. The molecule has 1 amide bonds. The molecule has 1 saturated heterocycles. The van der Waals surface area contributed by atoms with Crippen LogP contribution in [0.15, 0.2) is 53.3 Å². The third-order valence-corrected chi connectivity index (χ3v) is 5.56. The SMILES string of the molecule is O=C(O)N1CCC(c2cc(=O)[nH]c3c4ccc(-c5ccccc5)nc4nn23)CC1. The number of aromatic amines is 1. The maximum Gasteiger partial charge on any atom is 0.407 e. The largest absolute Gasteiger partial charge is 0.465 e. The van der Waals surface area contributed by atoms with Crippen LogP contribution in [0.3, 0.4) is 0 Å². The third-order valence-electron chi connectivity index (χ3n) is 5.56. The number of carbonyl (C=O) groups is 1. The van der Waals surface area contributed by atoms with Crippen LogP contribution in [0.1, 0.15) is 24.5 Å². The number of pyridine rings is 1. The van der Waals surface area contributed by atoms with Crippen LogP contribution in [-0.2, 0) is 0 Å². The Balaban J connectivity index is 1.60. The van der Waals surface area contributed by atoms with Crippen LogP contribution in [0.5, 0.6) is 0 Å². The summed E-state index contributed by atoms with van der Waals surface area (Å²) in [6.07, 6.45) is 0.412. The number of hydrogen-bond acceptors (Lipinski definition) is 4. The fourth-order valence-corrected chi connectivity index (χ4v) is 4.05. The molecule has 5 rings (SSSR count). The van der Waals surface area contributed by atoms with Crippen molar-refractivity contribution in [1.29, 1.82) is 0 Å². The molecule has 146 valence electrons. The van der Waals surface area contributed by atoms with Gasteiger partial charge >= 0.3 is 6.09 Å². The fourth-order valence-electron chi connectivity index (χ4n) is 4.05. The Kier molecular flexibility index (Phi) is 4.04. The van der Waals surface area contributed by atoms with E-state index in [2.05, 4.69) is 10.1 Å². The summed E-state index contributed by atoms with van der Waals surface area (Å²) >= 11 is 0. The normalized spacial score (nSPS) is 15.2. The summed E-state index contributed by atoms with van der Waals surface area (Å²) in [6, 6.07) is 15.3. The first-order chi connectivity index (χ1) is 14.1. The van der Waals surface area contributed by atoms with Crippen LogP contribution in [0.2, 0.25) is 0 Å². The predicted octanol–water partition coefficient (Wildman–Crippen LogP) is 3.10. The highest BCUT2D eigenvalue weighted by molar-refractivity contribution is 5.91. The lowest BCUT2D eigenvalue weighted by Gasteiger charge is -2.30. The summed E-state index contributed by atoms with van der Waals surface area (Å²) < 4.78 is 1.76. The summed E-state index contributed by atoms with van der Waals surface area (Å²) in [5.41, 5.74) is 3.62. The Labute approximate surface area is 165 Å². The van der Waals surface area contributed by atoms with Gasteiger partial charge in [-0.25, -0.2) is 14.3 Å². The van der Waals surface area contributed by atoms with Crippen molar-refractivity contribution in [2.75, 3.05) is 13.1 Å². The van der Waals surface area contributed by atoms with Crippen LogP contribution < -0.4 is 5.56 Å². The van der Waals surface area contributed by atoms with E-state index in [1.807, 2.05) is 42.5 Å². The van der Waals surface area contributed by atoms with Gasteiger partial charge in [0.05, 0.1) is 16.8 Å². The topological polar surface area (TPSA) is 104 Å². The summed E-state index contributed by atoms with van der Waals surface area (Å²) in [7, 11) is 0.